The summed E-state index contributed by atoms with van der Waals surface area (Å²) in [5, 5.41) is 4.05. The minimum absolute atomic E-state index is 0.0779. The van der Waals surface area contributed by atoms with E-state index in [0.717, 1.165) is 28.0 Å². The molecule has 0 saturated carbocycles. The summed E-state index contributed by atoms with van der Waals surface area (Å²) in [5.74, 6) is 1.22. The van der Waals surface area contributed by atoms with Crippen LogP contribution >= 0.6 is 0 Å². The lowest BCUT2D eigenvalue weighted by Gasteiger charge is -2.10. The quantitative estimate of drug-likeness (QED) is 0.862. The number of rotatable bonds is 5. The first-order chi connectivity index (χ1) is 9.02. The Balaban J connectivity index is 2.33. The Morgan fingerprint density at radius 1 is 1.53 bits per heavy atom. The third kappa shape index (κ3) is 2.71. The van der Waals surface area contributed by atoms with Crippen LogP contribution in [0.2, 0.25) is 0 Å². The van der Waals surface area contributed by atoms with Crippen molar-refractivity contribution in [3.05, 3.63) is 29.5 Å². The number of aryl methyl sites for hydroxylation is 1. The first-order valence-corrected chi connectivity index (χ1v) is 6.11. The Labute approximate surface area is 111 Å². The van der Waals surface area contributed by atoms with Crippen molar-refractivity contribution >= 4 is 16.9 Å². The van der Waals surface area contributed by atoms with E-state index in [1.165, 1.54) is 0 Å². The molecule has 1 aromatic carbocycles. The molecule has 0 spiro atoms. The summed E-state index contributed by atoms with van der Waals surface area (Å²) in [6.07, 6.45) is 0. The van der Waals surface area contributed by atoms with Crippen molar-refractivity contribution < 1.29 is 13.9 Å². The number of nitrogens with one attached hydrogen (secondary N) is 1. The van der Waals surface area contributed by atoms with E-state index in [0.29, 0.717) is 0 Å². The van der Waals surface area contributed by atoms with Crippen LogP contribution in [0.3, 0.4) is 0 Å². The fourth-order valence-electron chi connectivity index (χ4n) is 2.11. The zero-order valence-electron chi connectivity index (χ0n) is 11.3. The van der Waals surface area contributed by atoms with Crippen LogP contribution in [0.25, 0.3) is 11.0 Å². The van der Waals surface area contributed by atoms with Crippen LogP contribution < -0.4 is 15.8 Å². The van der Waals surface area contributed by atoms with Gasteiger partial charge in [0.15, 0.2) is 0 Å². The van der Waals surface area contributed by atoms with Crippen LogP contribution in [0, 0.1) is 6.92 Å². The van der Waals surface area contributed by atoms with E-state index in [9.17, 15) is 4.79 Å². The van der Waals surface area contributed by atoms with Crippen molar-refractivity contribution in [2.45, 2.75) is 19.9 Å². The fourth-order valence-corrected chi connectivity index (χ4v) is 2.11. The van der Waals surface area contributed by atoms with E-state index in [1.807, 2.05) is 32.0 Å². The van der Waals surface area contributed by atoms with Gasteiger partial charge in [-0.3, -0.25) is 10.1 Å². The third-order valence-electron chi connectivity index (χ3n) is 3.16. The topological polar surface area (TPSA) is 77.5 Å². The molecule has 0 aliphatic rings. The lowest BCUT2D eigenvalue weighted by atomic mass is 10.1. The average molecular weight is 262 g/mol. The molecule has 1 atom stereocenters. The average Bonchev–Trinajstić information content (AvgIpc) is 2.73. The maximum atomic E-state index is 10.8. The number of furan rings is 1. The molecule has 1 aromatic heterocycles. The molecule has 5 heteroatoms. The lowest BCUT2D eigenvalue weighted by Crippen LogP contribution is -2.30. The number of carbonyl (C=O) groups is 1. The number of fused-ring (bicyclic) bond motifs is 1. The molecule has 0 aliphatic heterocycles. The molecule has 0 aliphatic carbocycles. The van der Waals surface area contributed by atoms with Gasteiger partial charge in [0.25, 0.3) is 0 Å². The Morgan fingerprint density at radius 2 is 2.26 bits per heavy atom. The van der Waals surface area contributed by atoms with Crippen LogP contribution in [0.5, 0.6) is 5.75 Å². The van der Waals surface area contributed by atoms with E-state index in [-0.39, 0.29) is 18.5 Å². The van der Waals surface area contributed by atoms with Gasteiger partial charge in [-0.15, -0.1) is 0 Å². The molecule has 1 amide bonds. The number of ether oxygens (including phenoxy) is 1. The number of primary amides is 1. The maximum Gasteiger partial charge on any atom is 0.231 e. The summed E-state index contributed by atoms with van der Waals surface area (Å²) in [7, 11) is 1.63. The smallest absolute Gasteiger partial charge is 0.231 e. The van der Waals surface area contributed by atoms with Crippen LogP contribution in [-0.4, -0.2) is 19.6 Å². The van der Waals surface area contributed by atoms with Gasteiger partial charge < -0.3 is 14.9 Å². The van der Waals surface area contributed by atoms with Gasteiger partial charge in [-0.25, -0.2) is 0 Å². The minimum Gasteiger partial charge on any atom is -0.497 e. The summed E-state index contributed by atoms with van der Waals surface area (Å²) in [4.78, 5) is 10.8. The highest BCUT2D eigenvalue weighted by atomic mass is 16.5. The predicted molar refractivity (Wildman–Crippen MR) is 73.1 cm³/mol. The summed E-state index contributed by atoms with van der Waals surface area (Å²) in [5.41, 5.74) is 6.97. The van der Waals surface area contributed by atoms with Gasteiger partial charge in [0.05, 0.1) is 19.7 Å². The van der Waals surface area contributed by atoms with Crippen molar-refractivity contribution in [1.82, 2.24) is 5.32 Å². The second kappa shape index (κ2) is 5.32. The van der Waals surface area contributed by atoms with Gasteiger partial charge in [0.1, 0.15) is 17.1 Å². The monoisotopic (exact) mass is 262 g/mol. The molecule has 0 unspecified atom stereocenters. The van der Waals surface area contributed by atoms with Gasteiger partial charge in [0.2, 0.25) is 5.91 Å². The molecule has 2 aromatic rings. The van der Waals surface area contributed by atoms with Crippen molar-refractivity contribution in [3.63, 3.8) is 0 Å². The maximum absolute atomic E-state index is 10.8. The zero-order valence-corrected chi connectivity index (χ0v) is 11.3. The molecule has 2 rings (SSSR count). The predicted octanol–water partition coefficient (Wildman–Crippen LogP) is 1.89. The van der Waals surface area contributed by atoms with Crippen molar-refractivity contribution in [2.75, 3.05) is 13.7 Å². The normalized spacial score (nSPS) is 12.6. The minimum atomic E-state index is -0.387. The fraction of sp³-hybridized carbons (Fsp3) is 0.357. The van der Waals surface area contributed by atoms with E-state index < -0.39 is 0 Å². The SMILES string of the molecule is COc1ccc2oc([C@@H](C)NCC(N)=O)c(C)c2c1. The number of nitrogens with two attached hydrogens (primary N) is 1. The highest BCUT2D eigenvalue weighted by Crippen LogP contribution is 2.31. The number of hydrogen-bond donors (Lipinski definition) is 2. The zero-order chi connectivity index (χ0) is 14.0. The number of carbonyl (C=O) groups excluding carboxylic acids is 1. The Bertz CT molecular complexity index is 604. The van der Waals surface area contributed by atoms with Gasteiger partial charge in [-0.05, 0) is 32.0 Å². The Hall–Kier alpha value is -2.01. The Morgan fingerprint density at radius 3 is 2.89 bits per heavy atom. The summed E-state index contributed by atoms with van der Waals surface area (Å²) in [6, 6.07) is 5.60. The number of hydrogen-bond acceptors (Lipinski definition) is 4. The lowest BCUT2D eigenvalue weighted by molar-refractivity contribution is -0.117. The van der Waals surface area contributed by atoms with E-state index in [4.69, 9.17) is 14.9 Å². The number of benzene rings is 1. The van der Waals surface area contributed by atoms with E-state index >= 15 is 0 Å². The molecule has 0 fully saturated rings. The van der Waals surface area contributed by atoms with E-state index in [1.54, 1.807) is 7.11 Å². The van der Waals surface area contributed by atoms with Crippen LogP contribution in [0.4, 0.5) is 0 Å². The molecule has 0 radical (unpaired) electrons. The Kier molecular flexibility index (Phi) is 3.76. The second-order valence-electron chi connectivity index (χ2n) is 4.52. The van der Waals surface area contributed by atoms with Crippen LogP contribution in [-0.2, 0) is 4.79 Å². The number of amides is 1. The van der Waals surface area contributed by atoms with E-state index in [2.05, 4.69) is 5.32 Å². The van der Waals surface area contributed by atoms with Crippen molar-refractivity contribution in [1.29, 1.82) is 0 Å². The first kappa shape index (κ1) is 13.4. The molecule has 0 saturated heterocycles. The van der Waals surface area contributed by atoms with Gasteiger partial charge >= 0.3 is 0 Å². The van der Waals surface area contributed by atoms with Gasteiger partial charge in [-0.2, -0.15) is 0 Å². The largest absolute Gasteiger partial charge is 0.497 e. The molecule has 5 nitrogen and oxygen atoms in total. The van der Waals surface area contributed by atoms with Gasteiger partial charge in [-0.1, -0.05) is 0 Å². The molecule has 1 heterocycles. The standard InChI is InChI=1S/C14H18N2O3/c1-8-11-6-10(18-3)4-5-12(11)19-14(8)9(2)16-7-13(15)17/h4-6,9,16H,7H2,1-3H3,(H2,15,17)/t9-/m1/s1. The highest BCUT2D eigenvalue weighted by molar-refractivity contribution is 5.83. The number of methoxy groups -OCH3 is 1. The summed E-state index contributed by atoms with van der Waals surface area (Å²) in [6.45, 7) is 4.05. The highest BCUT2D eigenvalue weighted by Gasteiger charge is 2.17. The molecule has 102 valence electrons. The van der Waals surface area contributed by atoms with Crippen molar-refractivity contribution in [3.8, 4) is 5.75 Å². The summed E-state index contributed by atoms with van der Waals surface area (Å²) < 4.78 is 11.0. The molecule has 3 N–H and O–H groups in total. The molecular formula is C14H18N2O3. The second-order valence-corrected chi connectivity index (χ2v) is 4.52. The molecular weight excluding hydrogens is 244 g/mol. The summed E-state index contributed by atoms with van der Waals surface area (Å²) >= 11 is 0. The van der Waals surface area contributed by atoms with Crippen LogP contribution in [0.15, 0.2) is 22.6 Å². The van der Waals surface area contributed by atoms with Crippen LogP contribution in [0.1, 0.15) is 24.3 Å². The van der Waals surface area contributed by atoms with Gasteiger partial charge in [0, 0.05) is 10.9 Å². The third-order valence-corrected chi connectivity index (χ3v) is 3.16. The molecule has 19 heavy (non-hydrogen) atoms. The van der Waals surface area contributed by atoms with Crippen molar-refractivity contribution in [2.24, 2.45) is 5.73 Å². The molecule has 0 bridgehead atoms. The first-order valence-electron chi connectivity index (χ1n) is 6.11.